The zero-order chi connectivity index (χ0) is 22.1. The summed E-state index contributed by atoms with van der Waals surface area (Å²) in [6.07, 6.45) is 0. The molecule has 0 unspecified atom stereocenters. The minimum absolute atomic E-state index is 0.0387. The first-order chi connectivity index (χ1) is 14.9. The van der Waals surface area contributed by atoms with Gasteiger partial charge in [-0.05, 0) is 36.8 Å². The Balaban J connectivity index is 1.73. The van der Waals surface area contributed by atoms with E-state index in [4.69, 9.17) is 14.2 Å². The van der Waals surface area contributed by atoms with Crippen molar-refractivity contribution in [2.75, 3.05) is 18.8 Å². The van der Waals surface area contributed by atoms with Crippen molar-refractivity contribution in [3.63, 3.8) is 0 Å². The van der Waals surface area contributed by atoms with E-state index in [0.717, 1.165) is 0 Å². The van der Waals surface area contributed by atoms with Gasteiger partial charge in [0.05, 0.1) is 24.4 Å². The summed E-state index contributed by atoms with van der Waals surface area (Å²) < 4.78 is 44.8. The lowest BCUT2D eigenvalue weighted by molar-refractivity contribution is -0.136. The van der Waals surface area contributed by atoms with E-state index in [9.17, 15) is 18.4 Å². The number of methoxy groups -OCH3 is 1. The van der Waals surface area contributed by atoms with Gasteiger partial charge in [-0.25, -0.2) is 9.59 Å². The Bertz CT molecular complexity index is 1050. The normalized spacial score (nSPS) is 17.6. The molecule has 10 heteroatoms. The molecule has 2 aromatic rings. The van der Waals surface area contributed by atoms with Crippen molar-refractivity contribution in [1.82, 2.24) is 5.32 Å². The van der Waals surface area contributed by atoms with Gasteiger partial charge in [0.2, 0.25) is 6.79 Å². The average molecular weight is 432 g/mol. The van der Waals surface area contributed by atoms with Gasteiger partial charge < -0.3 is 24.3 Å². The fraction of sp³-hybridized carbons (Fsp3) is 0.238. The summed E-state index contributed by atoms with van der Waals surface area (Å²) in [6, 6.07) is 9.31. The summed E-state index contributed by atoms with van der Waals surface area (Å²) in [5.41, 5.74) is 1.52. The minimum atomic E-state index is -2.96. The molecule has 0 fully saturated rings. The van der Waals surface area contributed by atoms with E-state index in [1.165, 1.54) is 36.3 Å². The van der Waals surface area contributed by atoms with Gasteiger partial charge >= 0.3 is 18.6 Å². The number of carbonyl (C=O) groups is 2. The largest absolute Gasteiger partial charge is 0.466 e. The molecule has 2 aliphatic rings. The van der Waals surface area contributed by atoms with Crippen LogP contribution in [0, 0.1) is 0 Å². The molecule has 1 atom stereocenters. The monoisotopic (exact) mass is 432 g/mol. The zero-order valence-electron chi connectivity index (χ0n) is 16.6. The second-order valence-electron chi connectivity index (χ2n) is 6.69. The predicted molar refractivity (Wildman–Crippen MR) is 104 cm³/mol. The maximum atomic E-state index is 13.0. The zero-order valence-corrected chi connectivity index (χ0v) is 16.6. The third kappa shape index (κ3) is 3.83. The third-order valence-electron chi connectivity index (χ3n) is 4.94. The number of amides is 2. The van der Waals surface area contributed by atoms with Crippen molar-refractivity contribution >= 4 is 17.7 Å². The number of benzene rings is 2. The number of ether oxygens (including phenoxy) is 4. The SMILES string of the molecule is COC(=O)C1=C(C)N(c2ccc3c(c2)OCO3)C(=O)N[C@H]1c1ccc(OC(F)F)cc1. The van der Waals surface area contributed by atoms with Gasteiger partial charge in [0.25, 0.3) is 0 Å². The summed E-state index contributed by atoms with van der Waals surface area (Å²) in [5.74, 6) is 0.360. The van der Waals surface area contributed by atoms with Gasteiger partial charge in [-0.15, -0.1) is 0 Å². The van der Waals surface area contributed by atoms with Crippen LogP contribution in [0.25, 0.3) is 0 Å². The number of anilines is 1. The number of hydrogen-bond acceptors (Lipinski definition) is 6. The first-order valence-corrected chi connectivity index (χ1v) is 9.23. The van der Waals surface area contributed by atoms with Crippen LogP contribution in [-0.2, 0) is 9.53 Å². The number of carbonyl (C=O) groups excluding carboxylic acids is 2. The first kappa shape index (κ1) is 20.5. The molecule has 2 aromatic carbocycles. The maximum Gasteiger partial charge on any atom is 0.387 e. The minimum Gasteiger partial charge on any atom is -0.466 e. The van der Waals surface area contributed by atoms with Crippen LogP contribution >= 0.6 is 0 Å². The van der Waals surface area contributed by atoms with Crippen molar-refractivity contribution < 1.29 is 37.3 Å². The fourth-order valence-corrected chi connectivity index (χ4v) is 3.54. The van der Waals surface area contributed by atoms with Gasteiger partial charge in [0.15, 0.2) is 11.5 Å². The van der Waals surface area contributed by atoms with Crippen LogP contribution < -0.4 is 24.4 Å². The first-order valence-electron chi connectivity index (χ1n) is 9.23. The van der Waals surface area contributed by atoms with Crippen LogP contribution in [0.4, 0.5) is 19.3 Å². The molecule has 2 heterocycles. The van der Waals surface area contributed by atoms with Crippen LogP contribution in [0.15, 0.2) is 53.7 Å². The topological polar surface area (TPSA) is 86.3 Å². The number of allylic oxidation sites excluding steroid dienone is 1. The van der Waals surface area contributed by atoms with E-state index >= 15 is 0 Å². The number of nitrogens with one attached hydrogen (secondary N) is 1. The van der Waals surface area contributed by atoms with E-state index in [2.05, 4.69) is 10.1 Å². The fourth-order valence-electron chi connectivity index (χ4n) is 3.54. The smallest absolute Gasteiger partial charge is 0.387 e. The van der Waals surface area contributed by atoms with E-state index < -0.39 is 24.7 Å². The highest BCUT2D eigenvalue weighted by Gasteiger charge is 2.37. The summed E-state index contributed by atoms with van der Waals surface area (Å²) in [5, 5.41) is 2.77. The number of urea groups is 1. The van der Waals surface area contributed by atoms with Crippen molar-refractivity contribution in [3.05, 3.63) is 59.3 Å². The Hall–Kier alpha value is -3.82. The Morgan fingerprint density at radius 3 is 2.55 bits per heavy atom. The molecule has 0 aliphatic carbocycles. The molecule has 2 aliphatic heterocycles. The molecule has 4 rings (SSSR count). The Labute approximate surface area is 175 Å². The molecule has 0 aromatic heterocycles. The number of nitrogens with zero attached hydrogens (tertiary/aromatic N) is 1. The molecule has 0 saturated carbocycles. The molecule has 1 N–H and O–H groups in total. The molecule has 31 heavy (non-hydrogen) atoms. The molecule has 0 spiro atoms. The number of halogens is 2. The quantitative estimate of drug-likeness (QED) is 0.725. The van der Waals surface area contributed by atoms with E-state index in [1.807, 2.05) is 0 Å². The van der Waals surface area contributed by atoms with Crippen molar-refractivity contribution in [2.24, 2.45) is 0 Å². The summed E-state index contributed by atoms with van der Waals surface area (Å²) >= 11 is 0. The van der Waals surface area contributed by atoms with Crippen molar-refractivity contribution in [3.8, 4) is 17.2 Å². The van der Waals surface area contributed by atoms with Crippen LogP contribution in [0.5, 0.6) is 17.2 Å². The lowest BCUT2D eigenvalue weighted by Gasteiger charge is -2.35. The second kappa shape index (κ2) is 8.13. The third-order valence-corrected chi connectivity index (χ3v) is 4.94. The Morgan fingerprint density at radius 2 is 1.87 bits per heavy atom. The van der Waals surface area contributed by atoms with E-state index in [1.54, 1.807) is 25.1 Å². The van der Waals surface area contributed by atoms with Crippen LogP contribution in [0.2, 0.25) is 0 Å². The number of rotatable bonds is 5. The second-order valence-corrected chi connectivity index (χ2v) is 6.69. The summed E-state index contributed by atoms with van der Waals surface area (Å²) in [7, 11) is 1.24. The van der Waals surface area contributed by atoms with E-state index in [0.29, 0.717) is 28.4 Å². The number of alkyl halides is 2. The molecule has 0 bridgehead atoms. The van der Waals surface area contributed by atoms with Gasteiger partial charge in [-0.3, -0.25) is 4.90 Å². The summed E-state index contributed by atoms with van der Waals surface area (Å²) in [6.45, 7) is -1.25. The van der Waals surface area contributed by atoms with Crippen LogP contribution in [-0.4, -0.2) is 32.5 Å². The number of esters is 1. The molecule has 0 radical (unpaired) electrons. The van der Waals surface area contributed by atoms with Gasteiger partial charge in [0.1, 0.15) is 5.75 Å². The lowest BCUT2D eigenvalue weighted by Crippen LogP contribution is -2.48. The van der Waals surface area contributed by atoms with Gasteiger partial charge in [0, 0.05) is 11.8 Å². The lowest BCUT2D eigenvalue weighted by atomic mass is 9.94. The molecule has 162 valence electrons. The Morgan fingerprint density at radius 1 is 1.16 bits per heavy atom. The molecular formula is C21H18F2N2O6. The molecule has 8 nitrogen and oxygen atoms in total. The number of hydrogen-bond donors (Lipinski definition) is 1. The van der Waals surface area contributed by atoms with Gasteiger partial charge in [-0.1, -0.05) is 12.1 Å². The van der Waals surface area contributed by atoms with E-state index in [-0.39, 0.29) is 18.1 Å². The molecule has 2 amide bonds. The average Bonchev–Trinajstić information content (AvgIpc) is 3.21. The Kier molecular flexibility index (Phi) is 5.37. The van der Waals surface area contributed by atoms with Crippen LogP contribution in [0.3, 0.4) is 0 Å². The highest BCUT2D eigenvalue weighted by Crippen LogP contribution is 2.39. The highest BCUT2D eigenvalue weighted by molar-refractivity contribution is 6.03. The van der Waals surface area contributed by atoms with Crippen LogP contribution in [0.1, 0.15) is 18.5 Å². The number of fused-ring (bicyclic) bond motifs is 1. The highest BCUT2D eigenvalue weighted by atomic mass is 19.3. The predicted octanol–water partition coefficient (Wildman–Crippen LogP) is 3.73. The van der Waals surface area contributed by atoms with Gasteiger partial charge in [-0.2, -0.15) is 8.78 Å². The maximum absolute atomic E-state index is 13.0. The summed E-state index contributed by atoms with van der Waals surface area (Å²) in [4.78, 5) is 26.9. The van der Waals surface area contributed by atoms with Crippen molar-refractivity contribution in [1.29, 1.82) is 0 Å². The molecule has 0 saturated heterocycles. The standard InChI is InChI=1S/C21H18F2N2O6/c1-11-17(19(26)28-2)18(12-3-6-14(7-4-12)31-20(22)23)24-21(27)25(11)13-5-8-15-16(9-13)30-10-29-15/h3-9,18,20H,10H2,1-2H3,(H,24,27)/t18-/m0/s1. The molecular weight excluding hydrogens is 414 g/mol. The van der Waals surface area contributed by atoms with Crippen molar-refractivity contribution in [2.45, 2.75) is 19.6 Å².